The standard InChI is InChI=1S/C27H31F2N3O/c28-21-15-9-14-20(24(21)29)26-31-22-16-7-8-17-23(22)32(26)25(18-10-3-1-4-11-18)27(33)30-19-12-5-2-6-13-19/h7-9,14-19,25H,1-6,10-13H2,(H,30,33). The van der Waals surface area contributed by atoms with Crippen LogP contribution in [-0.2, 0) is 4.79 Å². The van der Waals surface area contributed by atoms with E-state index in [0.717, 1.165) is 62.9 Å². The SMILES string of the molecule is O=C(NC1CCCCC1)C(C1CCCCC1)n1c(-c2cccc(F)c2F)nc2ccccc21. The Morgan fingerprint density at radius 2 is 1.61 bits per heavy atom. The van der Waals surface area contributed by atoms with Gasteiger partial charge >= 0.3 is 0 Å². The number of amides is 1. The van der Waals surface area contributed by atoms with Crippen LogP contribution >= 0.6 is 0 Å². The molecule has 0 radical (unpaired) electrons. The van der Waals surface area contributed by atoms with Crippen molar-refractivity contribution in [2.45, 2.75) is 76.3 Å². The maximum atomic E-state index is 14.9. The van der Waals surface area contributed by atoms with Crippen LogP contribution in [0.4, 0.5) is 8.78 Å². The molecule has 2 aliphatic rings. The number of benzene rings is 2. The summed E-state index contributed by atoms with van der Waals surface area (Å²) in [6, 6.07) is 11.4. The van der Waals surface area contributed by atoms with Gasteiger partial charge in [0.05, 0.1) is 16.6 Å². The van der Waals surface area contributed by atoms with Gasteiger partial charge in [0.25, 0.3) is 0 Å². The highest BCUT2D eigenvalue weighted by Crippen LogP contribution is 2.39. The number of fused-ring (bicyclic) bond motifs is 1. The van der Waals surface area contributed by atoms with Crippen LogP contribution in [0.15, 0.2) is 42.5 Å². The van der Waals surface area contributed by atoms with Crippen molar-refractivity contribution < 1.29 is 13.6 Å². The van der Waals surface area contributed by atoms with Crippen molar-refractivity contribution in [3.63, 3.8) is 0 Å². The molecule has 1 heterocycles. The molecule has 5 rings (SSSR count). The van der Waals surface area contributed by atoms with Crippen molar-refractivity contribution in [1.82, 2.24) is 14.9 Å². The van der Waals surface area contributed by atoms with Gasteiger partial charge < -0.3 is 9.88 Å². The maximum absolute atomic E-state index is 14.9. The zero-order valence-electron chi connectivity index (χ0n) is 18.9. The highest BCUT2D eigenvalue weighted by atomic mass is 19.2. The van der Waals surface area contributed by atoms with E-state index in [0.29, 0.717) is 11.3 Å². The van der Waals surface area contributed by atoms with E-state index in [9.17, 15) is 13.6 Å². The molecule has 1 atom stereocenters. The summed E-state index contributed by atoms with van der Waals surface area (Å²) >= 11 is 0. The fraction of sp³-hybridized carbons (Fsp3) is 0.481. The summed E-state index contributed by atoms with van der Waals surface area (Å²) in [7, 11) is 0. The normalized spacial score (nSPS) is 19.0. The first-order valence-corrected chi connectivity index (χ1v) is 12.3. The predicted octanol–water partition coefficient (Wildman–Crippen LogP) is 6.55. The fourth-order valence-electron chi connectivity index (χ4n) is 5.72. The molecule has 0 aliphatic heterocycles. The van der Waals surface area contributed by atoms with Gasteiger partial charge in [-0.05, 0) is 55.9 Å². The van der Waals surface area contributed by atoms with Gasteiger partial charge in [-0.2, -0.15) is 0 Å². The van der Waals surface area contributed by atoms with Crippen molar-refractivity contribution in [3.8, 4) is 11.4 Å². The Balaban J connectivity index is 1.64. The van der Waals surface area contributed by atoms with Crippen LogP contribution in [0.3, 0.4) is 0 Å². The van der Waals surface area contributed by atoms with E-state index in [2.05, 4.69) is 5.32 Å². The molecule has 1 aromatic heterocycles. The molecule has 3 aromatic rings. The first kappa shape index (κ1) is 22.1. The number of nitrogens with one attached hydrogen (secondary N) is 1. The van der Waals surface area contributed by atoms with Gasteiger partial charge in [0.2, 0.25) is 5.91 Å². The van der Waals surface area contributed by atoms with Gasteiger partial charge in [0.15, 0.2) is 11.6 Å². The number of nitrogens with zero attached hydrogens (tertiary/aromatic N) is 2. The molecule has 4 nitrogen and oxygen atoms in total. The average Bonchev–Trinajstić information content (AvgIpc) is 3.21. The Morgan fingerprint density at radius 3 is 2.36 bits per heavy atom. The summed E-state index contributed by atoms with van der Waals surface area (Å²) < 4.78 is 31.0. The third-order valence-electron chi connectivity index (χ3n) is 7.38. The van der Waals surface area contributed by atoms with E-state index in [1.807, 2.05) is 28.8 Å². The van der Waals surface area contributed by atoms with Crippen molar-refractivity contribution in [2.24, 2.45) is 5.92 Å². The molecule has 0 bridgehead atoms. The van der Waals surface area contributed by atoms with Gasteiger partial charge in [-0.15, -0.1) is 0 Å². The van der Waals surface area contributed by atoms with E-state index in [1.54, 1.807) is 6.07 Å². The first-order chi connectivity index (χ1) is 16.1. The fourth-order valence-corrected chi connectivity index (χ4v) is 5.72. The summed E-state index contributed by atoms with van der Waals surface area (Å²) in [6.45, 7) is 0. The number of hydrogen-bond acceptors (Lipinski definition) is 2. The minimum atomic E-state index is -0.927. The third kappa shape index (κ3) is 4.40. The van der Waals surface area contributed by atoms with Crippen molar-refractivity contribution in [1.29, 1.82) is 0 Å². The lowest BCUT2D eigenvalue weighted by Gasteiger charge is -2.33. The number of halogens is 2. The number of carbonyl (C=O) groups is 1. The monoisotopic (exact) mass is 451 g/mol. The van der Waals surface area contributed by atoms with Crippen LogP contribution in [0.2, 0.25) is 0 Å². The summed E-state index contributed by atoms with van der Waals surface area (Å²) in [5.74, 6) is -1.40. The Kier molecular flexibility index (Phi) is 6.43. The van der Waals surface area contributed by atoms with E-state index in [4.69, 9.17) is 4.98 Å². The first-order valence-electron chi connectivity index (χ1n) is 12.3. The molecule has 174 valence electrons. The zero-order chi connectivity index (χ0) is 22.8. The van der Waals surface area contributed by atoms with Crippen LogP contribution in [0.25, 0.3) is 22.4 Å². The van der Waals surface area contributed by atoms with Crippen LogP contribution < -0.4 is 5.32 Å². The summed E-state index contributed by atoms with van der Waals surface area (Å²) in [5.41, 5.74) is 1.56. The average molecular weight is 452 g/mol. The highest BCUT2D eigenvalue weighted by molar-refractivity contribution is 5.87. The van der Waals surface area contributed by atoms with Crippen molar-refractivity contribution in [2.75, 3.05) is 0 Å². The van der Waals surface area contributed by atoms with Gasteiger partial charge in [-0.1, -0.05) is 56.7 Å². The summed E-state index contributed by atoms with van der Waals surface area (Å²) in [4.78, 5) is 18.6. The van der Waals surface area contributed by atoms with E-state index in [1.165, 1.54) is 18.9 Å². The van der Waals surface area contributed by atoms with Crippen LogP contribution in [0, 0.1) is 17.6 Å². The molecule has 6 heteroatoms. The lowest BCUT2D eigenvalue weighted by Crippen LogP contribution is -2.43. The number of para-hydroxylation sites is 2. The summed E-state index contributed by atoms with van der Waals surface area (Å²) in [5, 5.41) is 3.32. The molecule has 2 aromatic carbocycles. The minimum Gasteiger partial charge on any atom is -0.352 e. The Bertz CT molecular complexity index is 1130. The second-order valence-electron chi connectivity index (χ2n) is 9.58. The van der Waals surface area contributed by atoms with E-state index in [-0.39, 0.29) is 23.4 Å². The number of aromatic nitrogens is 2. The molecule has 2 saturated carbocycles. The Hall–Kier alpha value is -2.76. The lowest BCUT2D eigenvalue weighted by atomic mass is 9.82. The Labute approximate surface area is 193 Å². The third-order valence-corrected chi connectivity index (χ3v) is 7.38. The number of carbonyl (C=O) groups excluding carboxylic acids is 1. The molecule has 2 fully saturated rings. The molecular formula is C27H31F2N3O. The van der Waals surface area contributed by atoms with Crippen LogP contribution in [-0.4, -0.2) is 21.5 Å². The van der Waals surface area contributed by atoms with Gasteiger partial charge in [-0.3, -0.25) is 4.79 Å². The van der Waals surface area contributed by atoms with Crippen molar-refractivity contribution in [3.05, 3.63) is 54.1 Å². The van der Waals surface area contributed by atoms with Crippen LogP contribution in [0.1, 0.15) is 70.3 Å². The van der Waals surface area contributed by atoms with Crippen LogP contribution in [0.5, 0.6) is 0 Å². The van der Waals surface area contributed by atoms with Gasteiger partial charge in [0, 0.05) is 6.04 Å². The second-order valence-corrected chi connectivity index (χ2v) is 9.58. The minimum absolute atomic E-state index is 0.0185. The number of imidazole rings is 1. The molecule has 0 spiro atoms. The molecule has 1 unspecified atom stereocenters. The second kappa shape index (κ2) is 9.62. The predicted molar refractivity (Wildman–Crippen MR) is 126 cm³/mol. The molecule has 1 amide bonds. The summed E-state index contributed by atoms with van der Waals surface area (Å²) in [6.07, 6.45) is 10.7. The van der Waals surface area contributed by atoms with E-state index >= 15 is 0 Å². The van der Waals surface area contributed by atoms with Crippen molar-refractivity contribution >= 4 is 16.9 Å². The smallest absolute Gasteiger partial charge is 0.243 e. The topological polar surface area (TPSA) is 46.9 Å². The largest absolute Gasteiger partial charge is 0.352 e. The molecule has 2 aliphatic carbocycles. The Morgan fingerprint density at radius 1 is 0.909 bits per heavy atom. The number of hydrogen-bond donors (Lipinski definition) is 1. The quantitative estimate of drug-likeness (QED) is 0.478. The zero-order valence-corrected chi connectivity index (χ0v) is 18.9. The molecular weight excluding hydrogens is 420 g/mol. The molecule has 33 heavy (non-hydrogen) atoms. The molecule has 0 saturated heterocycles. The lowest BCUT2D eigenvalue weighted by molar-refractivity contribution is -0.127. The molecule has 1 N–H and O–H groups in total. The maximum Gasteiger partial charge on any atom is 0.243 e. The van der Waals surface area contributed by atoms with Gasteiger partial charge in [0.1, 0.15) is 11.9 Å². The van der Waals surface area contributed by atoms with Gasteiger partial charge in [-0.25, -0.2) is 13.8 Å². The van der Waals surface area contributed by atoms with E-state index < -0.39 is 17.7 Å². The highest BCUT2D eigenvalue weighted by Gasteiger charge is 2.35. The number of rotatable bonds is 5.